The number of nitrogens with one attached hydrogen (secondary N) is 2. The topological polar surface area (TPSA) is 221 Å². The van der Waals surface area contributed by atoms with Crippen LogP contribution in [0.3, 0.4) is 0 Å². The largest absolute Gasteiger partial charge is 0.394 e. The van der Waals surface area contributed by atoms with Crippen molar-refractivity contribution in [2.45, 2.75) is 68.0 Å². The summed E-state index contributed by atoms with van der Waals surface area (Å²) >= 11 is 4.07. The molecule has 1 aromatic carbocycles. The molecule has 0 saturated carbocycles. The van der Waals surface area contributed by atoms with E-state index in [4.69, 9.17) is 9.47 Å². The molecule has 36 heavy (non-hydrogen) atoms. The zero-order valence-corrected chi connectivity index (χ0v) is 20.4. The van der Waals surface area contributed by atoms with Crippen molar-refractivity contribution >= 4 is 29.9 Å². The number of benzene rings is 1. The van der Waals surface area contributed by atoms with Crippen LogP contribution in [-0.2, 0) is 14.3 Å². The molecule has 1 amide bonds. The van der Waals surface area contributed by atoms with Crippen LogP contribution in [0.25, 0.3) is 0 Å². The fraction of sp³-hybridized carbons (Fsp3) is 0.682. The van der Waals surface area contributed by atoms with Crippen molar-refractivity contribution in [2.75, 3.05) is 36.1 Å². The Hall–Kier alpha value is -1.56. The van der Waals surface area contributed by atoms with Gasteiger partial charge in [0.1, 0.15) is 42.7 Å². The lowest BCUT2D eigenvalue weighted by molar-refractivity contribution is -0.326. The number of rotatable bonds is 14. The third-order valence-electron chi connectivity index (χ3n) is 5.66. The van der Waals surface area contributed by atoms with Crippen LogP contribution >= 0.6 is 12.6 Å². The maximum absolute atomic E-state index is 11.9. The van der Waals surface area contributed by atoms with Crippen molar-refractivity contribution in [3.8, 4) is 0 Å². The van der Waals surface area contributed by atoms with Gasteiger partial charge >= 0.3 is 0 Å². The van der Waals surface area contributed by atoms with E-state index in [1.165, 1.54) is 0 Å². The molecular formula is C22H36N2O11S. The van der Waals surface area contributed by atoms with Crippen LogP contribution in [0.2, 0.25) is 0 Å². The van der Waals surface area contributed by atoms with E-state index >= 15 is 0 Å². The minimum Gasteiger partial charge on any atom is -0.394 e. The highest BCUT2D eigenvalue weighted by molar-refractivity contribution is 7.80. The number of carbonyl (C=O) groups is 1. The zero-order valence-electron chi connectivity index (χ0n) is 19.5. The summed E-state index contributed by atoms with van der Waals surface area (Å²) < 4.78 is 10.6. The monoisotopic (exact) mass is 536 g/mol. The van der Waals surface area contributed by atoms with E-state index in [1.54, 1.807) is 24.3 Å². The molecule has 9 atom stereocenters. The van der Waals surface area contributed by atoms with Crippen molar-refractivity contribution in [1.29, 1.82) is 0 Å². The molecule has 0 aromatic heterocycles. The molecule has 0 aliphatic carbocycles. The molecule has 0 bridgehead atoms. The minimum atomic E-state index is -1.82. The summed E-state index contributed by atoms with van der Waals surface area (Å²) in [6, 6.07) is 6.62. The van der Waals surface area contributed by atoms with Crippen LogP contribution < -0.4 is 10.6 Å². The van der Waals surface area contributed by atoms with Gasteiger partial charge in [-0.2, -0.15) is 12.6 Å². The van der Waals surface area contributed by atoms with Crippen molar-refractivity contribution in [2.24, 2.45) is 0 Å². The second kappa shape index (κ2) is 15.0. The molecule has 1 aliphatic heterocycles. The number of thiol groups is 1. The van der Waals surface area contributed by atoms with Gasteiger partial charge in [0.2, 0.25) is 5.91 Å². The lowest BCUT2D eigenvalue weighted by atomic mass is 9.98. The number of hydrogen-bond donors (Lipinski definition) is 11. The van der Waals surface area contributed by atoms with Gasteiger partial charge in [0.05, 0.1) is 19.3 Å². The van der Waals surface area contributed by atoms with Gasteiger partial charge in [0, 0.05) is 24.3 Å². The highest BCUT2D eigenvalue weighted by atomic mass is 32.1. The van der Waals surface area contributed by atoms with Gasteiger partial charge in [-0.25, -0.2) is 0 Å². The predicted molar refractivity (Wildman–Crippen MR) is 130 cm³/mol. The molecule has 10 N–H and O–H groups in total. The minimum absolute atomic E-state index is 0.178. The summed E-state index contributed by atoms with van der Waals surface area (Å²) in [6.45, 7) is -1.85. The van der Waals surface area contributed by atoms with Crippen LogP contribution in [0, 0.1) is 0 Å². The van der Waals surface area contributed by atoms with Gasteiger partial charge in [0.25, 0.3) is 0 Å². The maximum Gasteiger partial charge on any atom is 0.224 e. The number of ether oxygens (including phenoxy) is 2. The molecule has 1 heterocycles. The zero-order chi connectivity index (χ0) is 26.8. The van der Waals surface area contributed by atoms with Gasteiger partial charge in [-0.15, -0.1) is 0 Å². The maximum atomic E-state index is 11.9. The van der Waals surface area contributed by atoms with Gasteiger partial charge in [-0.05, 0) is 30.4 Å². The van der Waals surface area contributed by atoms with E-state index in [2.05, 4.69) is 23.3 Å². The summed E-state index contributed by atoms with van der Waals surface area (Å²) in [7, 11) is 0. The molecule has 4 unspecified atom stereocenters. The Balaban J connectivity index is 2.02. The smallest absolute Gasteiger partial charge is 0.224 e. The van der Waals surface area contributed by atoms with Crippen LogP contribution in [0.1, 0.15) is 12.8 Å². The second-order valence-corrected chi connectivity index (χ2v) is 8.89. The lowest BCUT2D eigenvalue weighted by Gasteiger charge is -2.42. The number of anilines is 2. The first-order chi connectivity index (χ1) is 17.1. The van der Waals surface area contributed by atoms with Crippen molar-refractivity contribution in [3.05, 3.63) is 24.3 Å². The van der Waals surface area contributed by atoms with E-state index in [0.717, 1.165) is 0 Å². The third-order valence-corrected chi connectivity index (χ3v) is 5.98. The number of carbonyl (C=O) groups excluding carboxylic acids is 1. The van der Waals surface area contributed by atoms with Crippen LogP contribution in [0.15, 0.2) is 24.3 Å². The Morgan fingerprint density at radius 2 is 1.75 bits per heavy atom. The van der Waals surface area contributed by atoms with Gasteiger partial charge in [0.15, 0.2) is 6.29 Å². The summed E-state index contributed by atoms with van der Waals surface area (Å²) in [5.74, 6) is 0.407. The van der Waals surface area contributed by atoms with Crippen molar-refractivity contribution in [3.63, 3.8) is 0 Å². The van der Waals surface area contributed by atoms with E-state index in [-0.39, 0.29) is 12.5 Å². The number of amides is 1. The highest BCUT2D eigenvalue weighted by Gasteiger charge is 2.46. The third kappa shape index (κ3) is 8.49. The normalized spacial score (nSPS) is 27.6. The van der Waals surface area contributed by atoms with Gasteiger partial charge < -0.3 is 61.0 Å². The first-order valence-corrected chi connectivity index (χ1v) is 12.1. The van der Waals surface area contributed by atoms with Crippen LogP contribution in [-0.4, -0.2) is 127 Å². The van der Waals surface area contributed by atoms with Crippen molar-refractivity contribution in [1.82, 2.24) is 0 Å². The van der Waals surface area contributed by atoms with Gasteiger partial charge in [-0.1, -0.05) is 6.07 Å². The molecule has 14 heteroatoms. The Kier molecular flexibility index (Phi) is 12.8. The van der Waals surface area contributed by atoms with Crippen LogP contribution in [0.5, 0.6) is 0 Å². The molecule has 0 radical (unpaired) electrons. The Morgan fingerprint density at radius 1 is 1.06 bits per heavy atom. The average molecular weight is 537 g/mol. The quantitative estimate of drug-likeness (QED) is 0.107. The lowest BCUT2D eigenvalue weighted by Crippen LogP contribution is -2.61. The number of hydrogen-bond acceptors (Lipinski definition) is 13. The standard InChI is InChI=1S/C22H36N2O11S/c25-9-14(28)21(35-22-20(33)19(32)18(31)15(10-26)34-22)17(30)13(27)8-23-11-3-1-4-12(7-11)24-16(29)5-2-6-36/h1,3-4,7,13-15,17-23,25-28,30-33,36H,2,5-6,8-10H2,(H,24,29)/t13-,14?,15?,17?,18-,19?,20+,21+,22+/m1/s1. The summed E-state index contributed by atoms with van der Waals surface area (Å²) in [6.07, 6.45) is -14.1. The predicted octanol–water partition coefficient (Wildman–Crippen LogP) is -2.99. The molecule has 1 fully saturated rings. The summed E-state index contributed by atoms with van der Waals surface area (Å²) in [4.78, 5) is 11.9. The fourth-order valence-electron chi connectivity index (χ4n) is 3.57. The average Bonchev–Trinajstić information content (AvgIpc) is 2.88. The van der Waals surface area contributed by atoms with E-state index < -0.39 is 68.3 Å². The first kappa shape index (κ1) is 30.7. The molecule has 1 saturated heterocycles. The second-order valence-electron chi connectivity index (χ2n) is 8.44. The number of aliphatic hydroxyl groups excluding tert-OH is 8. The fourth-order valence-corrected chi connectivity index (χ4v) is 3.73. The van der Waals surface area contributed by atoms with E-state index in [1.807, 2.05) is 0 Å². The summed E-state index contributed by atoms with van der Waals surface area (Å²) in [5, 5.41) is 85.5. The molecular weight excluding hydrogens is 500 g/mol. The van der Waals surface area contributed by atoms with E-state index in [9.17, 15) is 45.6 Å². The Labute approximate surface area is 213 Å². The molecule has 2 rings (SSSR count). The van der Waals surface area contributed by atoms with E-state index in [0.29, 0.717) is 30.0 Å². The highest BCUT2D eigenvalue weighted by Crippen LogP contribution is 2.25. The molecule has 206 valence electrons. The first-order valence-electron chi connectivity index (χ1n) is 11.5. The Bertz CT molecular complexity index is 805. The molecule has 1 aromatic rings. The van der Waals surface area contributed by atoms with Crippen LogP contribution in [0.4, 0.5) is 11.4 Å². The molecule has 0 spiro atoms. The summed E-state index contributed by atoms with van der Waals surface area (Å²) in [5.41, 5.74) is 1.01. The number of aliphatic hydroxyl groups is 8. The van der Waals surface area contributed by atoms with Crippen molar-refractivity contribution < 1.29 is 55.1 Å². The van der Waals surface area contributed by atoms with Gasteiger partial charge in [-0.3, -0.25) is 4.79 Å². The molecule has 1 aliphatic rings. The Morgan fingerprint density at radius 3 is 2.39 bits per heavy atom. The molecule has 13 nitrogen and oxygen atoms in total. The SMILES string of the molecule is O=C(CCCS)Nc1cccc(NC[C@@H](O)C(O)[C@@H](O[C@@H]2OC(CO)[C@@H](O)C(O)[C@@H]2O)C(O)CO)c1.